The predicted molar refractivity (Wildman–Crippen MR) is 160 cm³/mol. The van der Waals surface area contributed by atoms with E-state index in [1.165, 1.54) is 40.5 Å². The molecule has 1 atom stereocenters. The molecule has 4 aromatic rings. The summed E-state index contributed by atoms with van der Waals surface area (Å²) >= 11 is 1.53. The number of nitrogens with one attached hydrogen (secondary N) is 1. The van der Waals surface area contributed by atoms with Crippen molar-refractivity contribution in [3.05, 3.63) is 87.9 Å². The van der Waals surface area contributed by atoms with Crippen LogP contribution in [0.3, 0.4) is 0 Å². The number of aliphatic hydroxyl groups is 1. The van der Waals surface area contributed by atoms with Crippen LogP contribution in [0.25, 0.3) is 10.2 Å². The first kappa shape index (κ1) is 26.9. The number of piperazine rings is 1. The number of β-amino-alcohol motifs (C(OH)–C–C–N with tert-alkyl or cyclic N) is 1. The number of anilines is 1. The Morgan fingerprint density at radius 1 is 1.02 bits per heavy atom. The van der Waals surface area contributed by atoms with E-state index < -0.39 is 6.10 Å². The van der Waals surface area contributed by atoms with Gasteiger partial charge < -0.3 is 15.2 Å². The molecule has 2 heterocycles. The molecule has 0 saturated carbocycles. The summed E-state index contributed by atoms with van der Waals surface area (Å²) in [5.74, 6) is 0.549. The van der Waals surface area contributed by atoms with Crippen LogP contribution < -0.4 is 10.1 Å². The van der Waals surface area contributed by atoms with Crippen molar-refractivity contribution in [3.8, 4) is 5.75 Å². The van der Waals surface area contributed by atoms with E-state index in [1.807, 2.05) is 19.1 Å². The summed E-state index contributed by atoms with van der Waals surface area (Å²) in [4.78, 5) is 21.1. The molecule has 0 bridgehead atoms. The molecule has 2 aliphatic rings. The Labute approximate surface area is 239 Å². The predicted octanol–water partition coefficient (Wildman–Crippen LogP) is 4.81. The van der Waals surface area contributed by atoms with Gasteiger partial charge in [-0.05, 0) is 54.2 Å². The Bertz CT molecular complexity index is 1460. The maximum Gasteiger partial charge on any atom is 0.221 e. The van der Waals surface area contributed by atoms with E-state index in [4.69, 9.17) is 4.74 Å². The minimum atomic E-state index is -0.607. The maximum absolute atomic E-state index is 11.6. The molecule has 208 valence electrons. The van der Waals surface area contributed by atoms with Crippen LogP contribution in [0.2, 0.25) is 0 Å². The number of hydrogen-bond donors (Lipinski definition) is 2. The third kappa shape index (κ3) is 5.63. The summed E-state index contributed by atoms with van der Waals surface area (Å²) in [6.07, 6.45) is 1.56. The Kier molecular flexibility index (Phi) is 7.85. The summed E-state index contributed by atoms with van der Waals surface area (Å²) in [7, 11) is 0. The van der Waals surface area contributed by atoms with Gasteiger partial charge in [0.05, 0.1) is 21.4 Å². The smallest absolute Gasteiger partial charge is 0.221 e. The lowest BCUT2D eigenvalue weighted by molar-refractivity contribution is -0.114. The van der Waals surface area contributed by atoms with E-state index in [9.17, 15) is 9.90 Å². The van der Waals surface area contributed by atoms with Gasteiger partial charge in [-0.15, -0.1) is 11.3 Å². The zero-order chi connectivity index (χ0) is 27.6. The van der Waals surface area contributed by atoms with Gasteiger partial charge in [0.2, 0.25) is 5.91 Å². The van der Waals surface area contributed by atoms with Crippen molar-refractivity contribution in [2.24, 2.45) is 0 Å². The third-order valence-electron chi connectivity index (χ3n) is 7.96. The number of ether oxygens (including phenoxy) is 1. The maximum atomic E-state index is 11.6. The standard InChI is InChI=1S/C32H36N4O3S/c1-21(37)33-28-13-14-29(32-30(28)34-22(2)40-32)39-20-25(38)19-35-15-17-36(18-16-35)31-26-9-5-3-7-23(26)11-12-24-8-4-6-10-27(24)31/h3-10,13-14,25,31,38H,11-12,15-20H2,1-2H3,(H,33,37). The van der Waals surface area contributed by atoms with Gasteiger partial charge in [-0.3, -0.25) is 14.6 Å². The zero-order valence-electron chi connectivity index (χ0n) is 23.1. The molecule has 2 N–H and O–H groups in total. The molecule has 1 saturated heterocycles. The molecule has 1 aromatic heterocycles. The molecule has 1 aliphatic heterocycles. The van der Waals surface area contributed by atoms with Crippen LogP contribution in [0, 0.1) is 6.92 Å². The van der Waals surface area contributed by atoms with E-state index in [-0.39, 0.29) is 18.6 Å². The van der Waals surface area contributed by atoms with Crippen molar-refractivity contribution in [3.63, 3.8) is 0 Å². The van der Waals surface area contributed by atoms with Crippen LogP contribution in [0.4, 0.5) is 5.69 Å². The number of aryl methyl sites for hydroxylation is 3. The average Bonchev–Trinajstić information content (AvgIpc) is 3.27. The number of nitrogens with zero attached hydrogens (tertiary/aromatic N) is 3. The minimum absolute atomic E-state index is 0.136. The van der Waals surface area contributed by atoms with Gasteiger partial charge in [0, 0.05) is 39.6 Å². The van der Waals surface area contributed by atoms with Crippen molar-refractivity contribution in [1.29, 1.82) is 0 Å². The van der Waals surface area contributed by atoms with Gasteiger partial charge in [0.1, 0.15) is 24.0 Å². The summed E-state index contributed by atoms with van der Waals surface area (Å²) in [6.45, 7) is 7.91. The van der Waals surface area contributed by atoms with Gasteiger partial charge in [0.15, 0.2) is 0 Å². The van der Waals surface area contributed by atoms with Crippen LogP contribution in [-0.4, -0.2) is 71.2 Å². The van der Waals surface area contributed by atoms with Crippen LogP contribution in [0.15, 0.2) is 60.7 Å². The second-order valence-corrected chi connectivity index (χ2v) is 12.0. The highest BCUT2D eigenvalue weighted by Gasteiger charge is 2.31. The van der Waals surface area contributed by atoms with E-state index in [2.05, 4.69) is 68.6 Å². The molecular weight excluding hydrogens is 520 g/mol. The highest BCUT2D eigenvalue weighted by molar-refractivity contribution is 7.19. The Balaban J connectivity index is 1.09. The molecule has 1 unspecified atom stereocenters. The molecular formula is C32H36N4O3S. The number of carbonyl (C=O) groups is 1. The molecule has 8 heteroatoms. The molecule has 1 aliphatic carbocycles. The Morgan fingerprint density at radius 3 is 2.33 bits per heavy atom. The van der Waals surface area contributed by atoms with Crippen LogP contribution in [-0.2, 0) is 17.6 Å². The lowest BCUT2D eigenvalue weighted by atomic mass is 9.92. The summed E-state index contributed by atoms with van der Waals surface area (Å²) in [5.41, 5.74) is 7.18. The summed E-state index contributed by atoms with van der Waals surface area (Å²) < 4.78 is 6.96. The highest BCUT2D eigenvalue weighted by Crippen LogP contribution is 2.38. The van der Waals surface area contributed by atoms with Gasteiger partial charge in [-0.25, -0.2) is 4.98 Å². The number of aliphatic hydroxyl groups excluding tert-OH is 1. The SMILES string of the molecule is CC(=O)Nc1ccc(OCC(O)CN2CCN(C3c4ccccc4CCc4ccccc43)CC2)c2sc(C)nc12. The van der Waals surface area contributed by atoms with Crippen molar-refractivity contribution < 1.29 is 14.6 Å². The summed E-state index contributed by atoms with van der Waals surface area (Å²) in [6, 6.07) is 21.8. The fourth-order valence-electron chi connectivity index (χ4n) is 6.12. The molecule has 0 spiro atoms. The number of amides is 1. The number of rotatable bonds is 7. The lowest BCUT2D eigenvalue weighted by Crippen LogP contribution is -2.50. The Hall–Kier alpha value is -3.30. The van der Waals surface area contributed by atoms with Crippen LogP contribution in [0.1, 0.15) is 40.2 Å². The fraction of sp³-hybridized carbons (Fsp3) is 0.375. The largest absolute Gasteiger partial charge is 0.489 e. The fourth-order valence-corrected chi connectivity index (χ4v) is 7.03. The topological polar surface area (TPSA) is 77.9 Å². The first-order valence-electron chi connectivity index (χ1n) is 14.1. The van der Waals surface area contributed by atoms with Crippen molar-refractivity contribution in [2.75, 3.05) is 44.6 Å². The van der Waals surface area contributed by atoms with Crippen molar-refractivity contribution in [2.45, 2.75) is 38.8 Å². The van der Waals surface area contributed by atoms with E-state index in [1.54, 1.807) is 0 Å². The van der Waals surface area contributed by atoms with Crippen molar-refractivity contribution >= 4 is 33.1 Å². The number of fused-ring (bicyclic) bond motifs is 3. The monoisotopic (exact) mass is 556 g/mol. The lowest BCUT2D eigenvalue weighted by Gasteiger charge is -2.40. The number of benzene rings is 3. The second-order valence-electron chi connectivity index (χ2n) is 10.8. The molecule has 40 heavy (non-hydrogen) atoms. The van der Waals surface area contributed by atoms with Gasteiger partial charge in [-0.1, -0.05) is 48.5 Å². The zero-order valence-corrected chi connectivity index (χ0v) is 23.9. The number of thiazole rings is 1. The van der Waals surface area contributed by atoms with Gasteiger partial charge in [-0.2, -0.15) is 0 Å². The molecule has 1 amide bonds. The number of hydrogen-bond acceptors (Lipinski definition) is 7. The summed E-state index contributed by atoms with van der Waals surface area (Å²) in [5, 5.41) is 14.6. The molecule has 3 aromatic carbocycles. The van der Waals surface area contributed by atoms with Crippen LogP contribution in [0.5, 0.6) is 5.75 Å². The molecule has 6 rings (SSSR count). The first-order valence-corrected chi connectivity index (χ1v) is 14.9. The van der Waals surface area contributed by atoms with E-state index >= 15 is 0 Å². The first-order chi connectivity index (χ1) is 19.5. The van der Waals surface area contributed by atoms with E-state index in [0.717, 1.165) is 54.2 Å². The third-order valence-corrected chi connectivity index (χ3v) is 8.95. The van der Waals surface area contributed by atoms with Gasteiger partial charge >= 0.3 is 0 Å². The number of aromatic nitrogens is 1. The molecule has 7 nitrogen and oxygen atoms in total. The quantitative estimate of drug-likeness (QED) is 0.340. The average molecular weight is 557 g/mol. The molecule has 1 fully saturated rings. The number of carbonyl (C=O) groups excluding carboxylic acids is 1. The normalized spacial score (nSPS) is 17.2. The van der Waals surface area contributed by atoms with E-state index in [0.29, 0.717) is 18.0 Å². The van der Waals surface area contributed by atoms with Crippen LogP contribution >= 0.6 is 11.3 Å². The van der Waals surface area contributed by atoms with Crippen molar-refractivity contribution in [1.82, 2.24) is 14.8 Å². The second kappa shape index (κ2) is 11.7. The molecule has 0 radical (unpaired) electrons. The highest BCUT2D eigenvalue weighted by atomic mass is 32.1. The Morgan fingerprint density at radius 2 is 1.68 bits per heavy atom. The van der Waals surface area contributed by atoms with Gasteiger partial charge in [0.25, 0.3) is 0 Å². The minimum Gasteiger partial charge on any atom is -0.489 e.